The highest BCUT2D eigenvalue weighted by molar-refractivity contribution is 5.74. The van der Waals surface area contributed by atoms with E-state index >= 15 is 0 Å². The van der Waals surface area contributed by atoms with Crippen molar-refractivity contribution >= 4 is 6.03 Å². The van der Waals surface area contributed by atoms with E-state index < -0.39 is 0 Å². The van der Waals surface area contributed by atoms with Crippen molar-refractivity contribution < 1.29 is 4.79 Å². The molecule has 0 aliphatic heterocycles. The summed E-state index contributed by atoms with van der Waals surface area (Å²) in [6.45, 7) is 1.15. The highest BCUT2D eigenvalue weighted by atomic mass is 16.2. The van der Waals surface area contributed by atoms with Crippen LogP contribution in [0.5, 0.6) is 0 Å². The first kappa shape index (κ1) is 11.3. The van der Waals surface area contributed by atoms with E-state index in [-0.39, 0.29) is 6.03 Å². The molecular weight excluding hydrogens is 178 g/mol. The molecule has 0 radical (unpaired) electrons. The Labute approximate surface area is 85.8 Å². The van der Waals surface area contributed by atoms with Crippen LogP contribution < -0.4 is 11.1 Å². The van der Waals surface area contributed by atoms with Crippen molar-refractivity contribution in [3.8, 4) is 0 Å². The zero-order chi connectivity index (χ0) is 10.4. The Hall–Kier alpha value is -0.770. The topological polar surface area (TPSA) is 58.4 Å². The number of rotatable bonds is 3. The van der Waals surface area contributed by atoms with Gasteiger partial charge in [-0.15, -0.1) is 0 Å². The van der Waals surface area contributed by atoms with Gasteiger partial charge in [0.2, 0.25) is 0 Å². The zero-order valence-corrected chi connectivity index (χ0v) is 8.96. The fourth-order valence-electron chi connectivity index (χ4n) is 1.83. The molecule has 1 saturated carbocycles. The lowest BCUT2D eigenvalue weighted by Crippen LogP contribution is -2.45. The molecule has 0 aromatic carbocycles. The maximum Gasteiger partial charge on any atom is 0.317 e. The Morgan fingerprint density at radius 2 is 2.07 bits per heavy atom. The predicted octanol–water partition coefficient (Wildman–Crippen LogP) is 0.919. The molecule has 4 nitrogen and oxygen atoms in total. The van der Waals surface area contributed by atoms with E-state index in [1.807, 2.05) is 0 Å². The number of carbonyl (C=O) groups excluding carboxylic acids is 1. The Balaban J connectivity index is 2.24. The molecule has 0 unspecified atom stereocenters. The highest BCUT2D eigenvalue weighted by Gasteiger charge is 2.17. The normalized spacial score (nSPS) is 17.9. The van der Waals surface area contributed by atoms with Crippen LogP contribution in [0.1, 0.15) is 32.1 Å². The van der Waals surface area contributed by atoms with Crippen LogP contribution in [-0.2, 0) is 0 Å². The number of hydrogen-bond donors (Lipinski definition) is 2. The summed E-state index contributed by atoms with van der Waals surface area (Å²) in [4.78, 5) is 13.2. The summed E-state index contributed by atoms with van der Waals surface area (Å²) in [6.07, 6.45) is 6.05. The van der Waals surface area contributed by atoms with Gasteiger partial charge in [-0.05, 0) is 12.8 Å². The lowest BCUT2D eigenvalue weighted by atomic mass is 9.96. The van der Waals surface area contributed by atoms with Crippen LogP contribution in [0.25, 0.3) is 0 Å². The molecule has 0 aromatic rings. The summed E-state index contributed by atoms with van der Waals surface area (Å²) in [6, 6.07) is 0.402. The van der Waals surface area contributed by atoms with Gasteiger partial charge in [-0.2, -0.15) is 0 Å². The van der Waals surface area contributed by atoms with Crippen LogP contribution in [0.2, 0.25) is 0 Å². The van der Waals surface area contributed by atoms with Gasteiger partial charge in [-0.1, -0.05) is 19.3 Å². The first-order valence-electron chi connectivity index (χ1n) is 5.45. The molecule has 0 atom stereocenters. The first-order chi connectivity index (χ1) is 6.74. The van der Waals surface area contributed by atoms with Gasteiger partial charge in [0.15, 0.2) is 0 Å². The van der Waals surface area contributed by atoms with Gasteiger partial charge in [-0.3, -0.25) is 0 Å². The Bertz CT molecular complexity index is 178. The van der Waals surface area contributed by atoms with Gasteiger partial charge in [0.1, 0.15) is 0 Å². The molecule has 1 rings (SSSR count). The van der Waals surface area contributed by atoms with Crippen molar-refractivity contribution in [2.24, 2.45) is 5.73 Å². The van der Waals surface area contributed by atoms with Crippen molar-refractivity contribution in [3.05, 3.63) is 0 Å². The summed E-state index contributed by atoms with van der Waals surface area (Å²) in [5, 5.41) is 3.03. The molecule has 0 aromatic heterocycles. The van der Waals surface area contributed by atoms with E-state index in [4.69, 9.17) is 5.73 Å². The smallest absolute Gasteiger partial charge is 0.317 e. The molecule has 0 bridgehead atoms. The van der Waals surface area contributed by atoms with E-state index in [9.17, 15) is 4.79 Å². The minimum absolute atomic E-state index is 0.0161. The van der Waals surface area contributed by atoms with Gasteiger partial charge >= 0.3 is 6.03 Å². The lowest BCUT2D eigenvalue weighted by molar-refractivity contribution is 0.202. The van der Waals surface area contributed by atoms with Crippen molar-refractivity contribution in [1.29, 1.82) is 0 Å². The SMILES string of the molecule is CN(CCN)C(=O)NC1CCCCC1. The predicted molar refractivity (Wildman–Crippen MR) is 57.1 cm³/mol. The standard InChI is InChI=1S/C10H21N3O/c1-13(8-7-11)10(14)12-9-5-3-2-4-6-9/h9H,2-8,11H2,1H3,(H,12,14). The Morgan fingerprint density at radius 1 is 1.43 bits per heavy atom. The quantitative estimate of drug-likeness (QED) is 0.710. The number of nitrogens with one attached hydrogen (secondary N) is 1. The van der Waals surface area contributed by atoms with E-state index in [0.717, 1.165) is 12.8 Å². The molecule has 0 spiro atoms. The minimum atomic E-state index is 0.0161. The third-order valence-corrected chi connectivity index (χ3v) is 2.74. The summed E-state index contributed by atoms with van der Waals surface area (Å²) < 4.78 is 0. The monoisotopic (exact) mass is 199 g/mol. The number of hydrogen-bond acceptors (Lipinski definition) is 2. The highest BCUT2D eigenvalue weighted by Crippen LogP contribution is 2.17. The minimum Gasteiger partial charge on any atom is -0.335 e. The third kappa shape index (κ3) is 3.54. The van der Waals surface area contributed by atoms with Crippen molar-refractivity contribution in [3.63, 3.8) is 0 Å². The molecule has 1 fully saturated rings. The van der Waals surface area contributed by atoms with E-state index in [0.29, 0.717) is 19.1 Å². The second kappa shape index (κ2) is 5.86. The van der Waals surface area contributed by atoms with Gasteiger partial charge in [0, 0.05) is 26.2 Å². The van der Waals surface area contributed by atoms with Gasteiger partial charge in [0.05, 0.1) is 0 Å². The van der Waals surface area contributed by atoms with Crippen molar-refractivity contribution in [1.82, 2.24) is 10.2 Å². The molecule has 3 N–H and O–H groups in total. The molecule has 0 heterocycles. The Kier molecular flexibility index (Phi) is 4.73. The van der Waals surface area contributed by atoms with Crippen LogP contribution in [0, 0.1) is 0 Å². The van der Waals surface area contributed by atoms with Crippen molar-refractivity contribution in [2.45, 2.75) is 38.1 Å². The van der Waals surface area contributed by atoms with Crippen LogP contribution in [0.4, 0.5) is 4.79 Å². The molecule has 14 heavy (non-hydrogen) atoms. The molecule has 82 valence electrons. The van der Waals surface area contributed by atoms with Crippen LogP contribution in [0.3, 0.4) is 0 Å². The summed E-state index contributed by atoms with van der Waals surface area (Å²) in [5.74, 6) is 0. The van der Waals surface area contributed by atoms with Crippen LogP contribution in [-0.4, -0.2) is 37.1 Å². The first-order valence-corrected chi connectivity index (χ1v) is 5.45. The molecule has 1 aliphatic carbocycles. The number of nitrogens with zero attached hydrogens (tertiary/aromatic N) is 1. The molecular formula is C10H21N3O. The Morgan fingerprint density at radius 3 is 2.64 bits per heavy atom. The van der Waals surface area contributed by atoms with E-state index in [2.05, 4.69) is 5.32 Å². The maximum absolute atomic E-state index is 11.6. The number of carbonyl (C=O) groups is 1. The molecule has 0 saturated heterocycles. The average Bonchev–Trinajstić information content (AvgIpc) is 2.19. The summed E-state index contributed by atoms with van der Waals surface area (Å²) in [7, 11) is 1.78. The maximum atomic E-state index is 11.6. The van der Waals surface area contributed by atoms with Gasteiger partial charge < -0.3 is 16.0 Å². The van der Waals surface area contributed by atoms with E-state index in [1.165, 1.54) is 19.3 Å². The second-order valence-corrected chi connectivity index (χ2v) is 3.99. The largest absolute Gasteiger partial charge is 0.335 e. The fraction of sp³-hybridized carbons (Fsp3) is 0.900. The second-order valence-electron chi connectivity index (χ2n) is 3.99. The summed E-state index contributed by atoms with van der Waals surface area (Å²) >= 11 is 0. The zero-order valence-electron chi connectivity index (χ0n) is 8.96. The number of likely N-dealkylation sites (N-methyl/N-ethyl adjacent to an activating group) is 1. The fourth-order valence-corrected chi connectivity index (χ4v) is 1.83. The van der Waals surface area contributed by atoms with Crippen LogP contribution >= 0.6 is 0 Å². The average molecular weight is 199 g/mol. The molecule has 1 aliphatic rings. The van der Waals surface area contributed by atoms with E-state index in [1.54, 1.807) is 11.9 Å². The van der Waals surface area contributed by atoms with Gasteiger partial charge in [-0.25, -0.2) is 4.79 Å². The molecule has 4 heteroatoms. The van der Waals surface area contributed by atoms with Gasteiger partial charge in [0.25, 0.3) is 0 Å². The van der Waals surface area contributed by atoms with Crippen molar-refractivity contribution in [2.75, 3.05) is 20.1 Å². The lowest BCUT2D eigenvalue weighted by Gasteiger charge is -2.25. The summed E-state index contributed by atoms with van der Waals surface area (Å²) in [5.41, 5.74) is 5.38. The number of amides is 2. The third-order valence-electron chi connectivity index (χ3n) is 2.74. The number of urea groups is 1. The molecule has 2 amide bonds. The number of nitrogens with two attached hydrogens (primary N) is 1. The van der Waals surface area contributed by atoms with Crippen LogP contribution in [0.15, 0.2) is 0 Å².